The van der Waals surface area contributed by atoms with Gasteiger partial charge in [-0.1, -0.05) is 24.3 Å². The molecule has 0 bridgehead atoms. The van der Waals surface area contributed by atoms with E-state index in [0.717, 1.165) is 33.7 Å². The van der Waals surface area contributed by atoms with Crippen LogP contribution in [-0.2, 0) is 6.42 Å². The van der Waals surface area contributed by atoms with Crippen molar-refractivity contribution in [1.82, 2.24) is 9.78 Å². The third kappa shape index (κ3) is 3.27. The number of halogens is 3. The Morgan fingerprint density at radius 3 is 2.80 bits per heavy atom. The summed E-state index contributed by atoms with van der Waals surface area (Å²) in [6.45, 7) is 0.520. The molecule has 0 radical (unpaired) electrons. The van der Waals surface area contributed by atoms with Crippen molar-refractivity contribution in [3.8, 4) is 0 Å². The van der Waals surface area contributed by atoms with Gasteiger partial charge in [-0.25, -0.2) is 4.68 Å². The van der Waals surface area contributed by atoms with Crippen LogP contribution < -0.4 is 10.2 Å². The molecule has 1 amide bonds. The van der Waals surface area contributed by atoms with Crippen molar-refractivity contribution in [2.75, 3.05) is 16.8 Å². The summed E-state index contributed by atoms with van der Waals surface area (Å²) in [5.41, 5.74) is 1.89. The summed E-state index contributed by atoms with van der Waals surface area (Å²) in [4.78, 5) is 15.6. The van der Waals surface area contributed by atoms with Crippen LogP contribution in [0.25, 0.3) is 0 Å². The van der Waals surface area contributed by atoms with Gasteiger partial charge in [0.2, 0.25) is 0 Å². The fraction of sp³-hybridized carbons (Fsp3) is 0.333. The van der Waals surface area contributed by atoms with E-state index in [2.05, 4.69) is 10.4 Å². The standard InChI is InChI=1S/C21H19F3N4OS/c22-21(23,24)18-11-14(17-8-4-10-30-17)25-19-12-15(26-28(18)19)20(29)27-9-3-6-13-5-1-2-7-16(13)27/h1-2,4-5,7-8,10,12,14,18,25H,3,6,9,11H2. The molecular formula is C21H19F3N4OS. The van der Waals surface area contributed by atoms with Crippen LogP contribution in [0.4, 0.5) is 24.7 Å². The lowest BCUT2D eigenvalue weighted by Gasteiger charge is -2.32. The Bertz CT molecular complexity index is 1080. The topological polar surface area (TPSA) is 50.2 Å². The number of benzene rings is 1. The molecule has 5 nitrogen and oxygen atoms in total. The second kappa shape index (κ2) is 7.16. The van der Waals surface area contributed by atoms with Crippen molar-refractivity contribution in [2.24, 2.45) is 0 Å². The van der Waals surface area contributed by atoms with Crippen LogP contribution in [0.3, 0.4) is 0 Å². The molecule has 5 rings (SSSR count). The van der Waals surface area contributed by atoms with Crippen LogP contribution in [0.15, 0.2) is 47.8 Å². The van der Waals surface area contributed by atoms with Gasteiger partial charge in [-0.2, -0.15) is 18.3 Å². The number of thiophene rings is 1. The second-order valence-electron chi connectivity index (χ2n) is 7.55. The first-order valence-electron chi connectivity index (χ1n) is 9.78. The maximum absolute atomic E-state index is 13.8. The zero-order chi connectivity index (χ0) is 20.9. The minimum atomic E-state index is -4.46. The van der Waals surface area contributed by atoms with E-state index in [1.807, 2.05) is 41.8 Å². The number of carbonyl (C=O) groups excluding carboxylic acids is 1. The molecule has 2 unspecified atom stereocenters. The van der Waals surface area contributed by atoms with Gasteiger partial charge < -0.3 is 10.2 Å². The van der Waals surface area contributed by atoms with Gasteiger partial charge >= 0.3 is 6.18 Å². The maximum Gasteiger partial charge on any atom is 0.410 e. The lowest BCUT2D eigenvalue weighted by molar-refractivity contribution is -0.173. The quantitative estimate of drug-likeness (QED) is 0.606. The molecule has 0 saturated heterocycles. The molecule has 1 aromatic carbocycles. The highest BCUT2D eigenvalue weighted by Crippen LogP contribution is 2.44. The second-order valence-corrected chi connectivity index (χ2v) is 8.53. The molecule has 0 fully saturated rings. The van der Waals surface area contributed by atoms with E-state index in [0.29, 0.717) is 6.54 Å². The fourth-order valence-electron chi connectivity index (χ4n) is 4.24. The number of fused-ring (bicyclic) bond motifs is 2. The number of aromatic nitrogens is 2. The first-order chi connectivity index (χ1) is 14.4. The minimum absolute atomic E-state index is 0.0234. The van der Waals surface area contributed by atoms with Crippen LogP contribution in [0.2, 0.25) is 0 Å². The average molecular weight is 432 g/mol. The Balaban J connectivity index is 1.51. The number of rotatable bonds is 2. The molecule has 1 N–H and O–H groups in total. The average Bonchev–Trinajstić information content (AvgIpc) is 3.41. The lowest BCUT2D eigenvalue weighted by atomic mass is 10.0. The molecule has 2 aromatic heterocycles. The van der Waals surface area contributed by atoms with Gasteiger partial charge in [-0.15, -0.1) is 11.3 Å². The molecule has 2 atom stereocenters. The lowest BCUT2D eigenvalue weighted by Crippen LogP contribution is -2.37. The highest BCUT2D eigenvalue weighted by atomic mass is 32.1. The summed E-state index contributed by atoms with van der Waals surface area (Å²) in [5, 5.41) is 9.09. The monoisotopic (exact) mass is 432 g/mol. The molecule has 0 saturated carbocycles. The van der Waals surface area contributed by atoms with E-state index in [-0.39, 0.29) is 23.8 Å². The Labute approximate surface area is 175 Å². The maximum atomic E-state index is 13.8. The summed E-state index contributed by atoms with van der Waals surface area (Å²) in [5.74, 6) is -0.157. The van der Waals surface area contributed by atoms with E-state index in [4.69, 9.17) is 0 Å². The Kier molecular flexibility index (Phi) is 4.57. The molecule has 156 valence electrons. The third-order valence-corrected chi connectivity index (χ3v) is 6.64. The number of hydrogen-bond donors (Lipinski definition) is 1. The summed E-state index contributed by atoms with van der Waals surface area (Å²) in [6, 6.07) is 10.4. The van der Waals surface area contributed by atoms with Crippen LogP contribution >= 0.6 is 11.3 Å². The highest BCUT2D eigenvalue weighted by Gasteiger charge is 2.47. The number of aryl methyl sites for hydroxylation is 1. The van der Waals surface area contributed by atoms with Crippen LogP contribution in [0.1, 0.15) is 45.9 Å². The molecule has 0 spiro atoms. The van der Waals surface area contributed by atoms with Gasteiger partial charge in [0.05, 0.1) is 6.04 Å². The molecular weight excluding hydrogens is 413 g/mol. The van der Waals surface area contributed by atoms with Gasteiger partial charge in [0.25, 0.3) is 5.91 Å². The zero-order valence-electron chi connectivity index (χ0n) is 15.9. The molecule has 30 heavy (non-hydrogen) atoms. The van der Waals surface area contributed by atoms with E-state index in [1.54, 1.807) is 4.90 Å². The third-order valence-electron chi connectivity index (χ3n) is 5.65. The number of para-hydroxylation sites is 1. The van der Waals surface area contributed by atoms with E-state index < -0.39 is 18.3 Å². The van der Waals surface area contributed by atoms with Gasteiger partial charge in [-0.3, -0.25) is 4.79 Å². The van der Waals surface area contributed by atoms with Gasteiger partial charge in [0.1, 0.15) is 5.82 Å². The first-order valence-corrected chi connectivity index (χ1v) is 10.7. The van der Waals surface area contributed by atoms with Crippen molar-refractivity contribution in [3.05, 3.63) is 64.0 Å². The first kappa shape index (κ1) is 19.2. The normalized spacial score (nSPS) is 21.0. The summed E-state index contributed by atoms with van der Waals surface area (Å²) < 4.78 is 42.4. The molecule has 2 aliphatic rings. The SMILES string of the molecule is O=C(c1cc2n(n1)C(C(F)(F)F)CC(c1cccs1)N2)N1CCCc2ccccc21. The number of hydrogen-bond acceptors (Lipinski definition) is 4. The van der Waals surface area contributed by atoms with Crippen LogP contribution in [0, 0.1) is 0 Å². The Hall–Kier alpha value is -2.81. The number of alkyl halides is 3. The number of amides is 1. The van der Waals surface area contributed by atoms with Crippen LogP contribution in [0.5, 0.6) is 0 Å². The molecule has 0 aliphatic carbocycles. The zero-order valence-corrected chi connectivity index (χ0v) is 16.7. The Morgan fingerprint density at radius 2 is 2.03 bits per heavy atom. The predicted octanol–water partition coefficient (Wildman–Crippen LogP) is 5.20. The van der Waals surface area contributed by atoms with Crippen LogP contribution in [-0.4, -0.2) is 28.4 Å². The van der Waals surface area contributed by atoms with Gasteiger partial charge in [0, 0.05) is 29.6 Å². The van der Waals surface area contributed by atoms with Crippen molar-refractivity contribution < 1.29 is 18.0 Å². The number of nitrogens with one attached hydrogen (secondary N) is 1. The molecule has 3 aromatic rings. The number of carbonyl (C=O) groups is 1. The minimum Gasteiger partial charge on any atom is -0.363 e. The summed E-state index contributed by atoms with van der Waals surface area (Å²) >= 11 is 1.41. The number of anilines is 2. The number of nitrogens with zero attached hydrogens (tertiary/aromatic N) is 3. The smallest absolute Gasteiger partial charge is 0.363 e. The molecule has 2 aliphatic heterocycles. The van der Waals surface area contributed by atoms with Crippen molar-refractivity contribution in [3.63, 3.8) is 0 Å². The predicted molar refractivity (Wildman–Crippen MR) is 109 cm³/mol. The van der Waals surface area contributed by atoms with Crippen molar-refractivity contribution in [1.29, 1.82) is 0 Å². The Morgan fingerprint density at radius 1 is 1.20 bits per heavy atom. The van der Waals surface area contributed by atoms with Crippen molar-refractivity contribution in [2.45, 2.75) is 37.5 Å². The summed E-state index contributed by atoms with van der Waals surface area (Å²) in [6.07, 6.45) is -2.95. The highest BCUT2D eigenvalue weighted by molar-refractivity contribution is 7.10. The molecule has 9 heteroatoms. The largest absolute Gasteiger partial charge is 0.410 e. The summed E-state index contributed by atoms with van der Waals surface area (Å²) in [7, 11) is 0. The van der Waals surface area contributed by atoms with E-state index in [9.17, 15) is 18.0 Å². The fourth-order valence-corrected chi connectivity index (χ4v) is 5.03. The van der Waals surface area contributed by atoms with E-state index >= 15 is 0 Å². The van der Waals surface area contributed by atoms with Gasteiger partial charge in [-0.05, 0) is 35.9 Å². The molecule has 4 heterocycles. The van der Waals surface area contributed by atoms with Gasteiger partial charge in [0.15, 0.2) is 11.7 Å². The van der Waals surface area contributed by atoms with Crippen molar-refractivity contribution >= 4 is 28.7 Å². The van der Waals surface area contributed by atoms with E-state index in [1.165, 1.54) is 17.4 Å².